The van der Waals surface area contributed by atoms with Crippen LogP contribution in [0.25, 0.3) is 76.9 Å². The summed E-state index contributed by atoms with van der Waals surface area (Å²) in [6, 6.07) is 47.6. The zero-order valence-corrected chi connectivity index (χ0v) is 21.0. The van der Waals surface area contributed by atoms with Crippen LogP contribution >= 0.6 is 0 Å². The SMILES string of the molecule is c1ccc(-n2c3ccccc3c3cc4c(cc32)oc2ccc(-n3c5ccccc5c5ccccc53)cc24)cc1. The Morgan fingerprint density at radius 1 is 0.333 bits per heavy atom. The Morgan fingerprint density at radius 3 is 1.54 bits per heavy atom. The van der Waals surface area contributed by atoms with Crippen molar-refractivity contribution in [2.75, 3.05) is 0 Å². The Labute approximate surface area is 223 Å². The van der Waals surface area contributed by atoms with Crippen LogP contribution in [0, 0.1) is 0 Å². The second-order valence-corrected chi connectivity index (χ2v) is 10.2. The van der Waals surface area contributed by atoms with Gasteiger partial charge >= 0.3 is 0 Å². The third-order valence-corrected chi connectivity index (χ3v) is 8.10. The first kappa shape index (κ1) is 20.7. The minimum atomic E-state index is 0.900. The van der Waals surface area contributed by atoms with Gasteiger partial charge in [-0.3, -0.25) is 0 Å². The molecule has 0 aliphatic rings. The van der Waals surface area contributed by atoms with E-state index >= 15 is 0 Å². The highest BCUT2D eigenvalue weighted by molar-refractivity contribution is 6.18. The zero-order chi connectivity index (χ0) is 25.5. The molecule has 3 heteroatoms. The largest absolute Gasteiger partial charge is 0.456 e. The second kappa shape index (κ2) is 7.62. The predicted octanol–water partition coefficient (Wildman–Crippen LogP) is 9.78. The van der Waals surface area contributed by atoms with Gasteiger partial charge < -0.3 is 13.6 Å². The number of fused-ring (bicyclic) bond motifs is 9. The third-order valence-electron chi connectivity index (χ3n) is 8.10. The van der Waals surface area contributed by atoms with Crippen LogP contribution in [-0.4, -0.2) is 9.13 Å². The maximum absolute atomic E-state index is 6.47. The Morgan fingerprint density at radius 2 is 0.872 bits per heavy atom. The Kier molecular flexibility index (Phi) is 4.05. The van der Waals surface area contributed by atoms with E-state index in [2.05, 4.69) is 143 Å². The van der Waals surface area contributed by atoms with E-state index < -0.39 is 0 Å². The van der Waals surface area contributed by atoms with Gasteiger partial charge in [0.25, 0.3) is 0 Å². The lowest BCUT2D eigenvalue weighted by Gasteiger charge is -2.08. The van der Waals surface area contributed by atoms with Gasteiger partial charge in [-0.15, -0.1) is 0 Å². The van der Waals surface area contributed by atoms with Crippen LogP contribution in [0.3, 0.4) is 0 Å². The van der Waals surface area contributed by atoms with Gasteiger partial charge in [0.15, 0.2) is 0 Å². The molecule has 9 rings (SSSR count). The fourth-order valence-corrected chi connectivity index (χ4v) is 6.42. The van der Waals surface area contributed by atoms with Crippen molar-refractivity contribution >= 4 is 65.6 Å². The summed E-state index contributed by atoms with van der Waals surface area (Å²) >= 11 is 0. The summed E-state index contributed by atoms with van der Waals surface area (Å²) in [4.78, 5) is 0. The number of rotatable bonds is 2. The Balaban J connectivity index is 1.36. The molecule has 0 radical (unpaired) electrons. The summed E-state index contributed by atoms with van der Waals surface area (Å²) in [5.41, 5.74) is 8.84. The molecular formula is C36H22N2O. The summed E-state index contributed by atoms with van der Waals surface area (Å²) in [6.45, 7) is 0. The molecule has 6 aromatic carbocycles. The van der Waals surface area contributed by atoms with Crippen LogP contribution in [0.15, 0.2) is 138 Å². The van der Waals surface area contributed by atoms with E-state index in [1.807, 2.05) is 0 Å². The van der Waals surface area contributed by atoms with Crippen LogP contribution in [0.4, 0.5) is 0 Å². The van der Waals surface area contributed by atoms with Gasteiger partial charge in [-0.1, -0.05) is 72.8 Å². The molecule has 3 heterocycles. The number of hydrogen-bond acceptors (Lipinski definition) is 1. The van der Waals surface area contributed by atoms with Gasteiger partial charge in [0.05, 0.1) is 22.1 Å². The molecule has 0 N–H and O–H groups in total. The maximum atomic E-state index is 6.47. The van der Waals surface area contributed by atoms with Gasteiger partial charge in [0, 0.05) is 49.8 Å². The Hall–Kier alpha value is -5.28. The van der Waals surface area contributed by atoms with Crippen LogP contribution in [0.5, 0.6) is 0 Å². The fraction of sp³-hybridized carbons (Fsp3) is 0. The third kappa shape index (κ3) is 2.82. The number of aromatic nitrogens is 2. The molecule has 3 aromatic heterocycles. The number of benzene rings is 6. The second-order valence-electron chi connectivity index (χ2n) is 10.2. The molecule has 9 aromatic rings. The van der Waals surface area contributed by atoms with Gasteiger partial charge in [0.2, 0.25) is 0 Å². The average Bonchev–Trinajstić information content (AvgIpc) is 3.63. The van der Waals surface area contributed by atoms with E-state index in [-0.39, 0.29) is 0 Å². The molecule has 0 fully saturated rings. The lowest BCUT2D eigenvalue weighted by molar-refractivity contribution is 0.669. The minimum Gasteiger partial charge on any atom is -0.456 e. The van der Waals surface area contributed by atoms with Crippen LogP contribution in [0.1, 0.15) is 0 Å². The van der Waals surface area contributed by atoms with E-state index in [9.17, 15) is 0 Å². The quantitative estimate of drug-likeness (QED) is 0.233. The molecule has 0 saturated heterocycles. The highest BCUT2D eigenvalue weighted by atomic mass is 16.3. The molecule has 0 spiro atoms. The molecule has 0 bridgehead atoms. The predicted molar refractivity (Wildman–Crippen MR) is 162 cm³/mol. The highest BCUT2D eigenvalue weighted by Gasteiger charge is 2.17. The average molecular weight is 499 g/mol. The first-order valence-corrected chi connectivity index (χ1v) is 13.3. The van der Waals surface area contributed by atoms with Crippen molar-refractivity contribution in [3.8, 4) is 11.4 Å². The van der Waals surface area contributed by atoms with Crippen LogP contribution in [-0.2, 0) is 0 Å². The molecule has 0 aliphatic carbocycles. The number of para-hydroxylation sites is 4. The molecule has 182 valence electrons. The topological polar surface area (TPSA) is 23.0 Å². The first-order valence-electron chi connectivity index (χ1n) is 13.3. The van der Waals surface area contributed by atoms with Crippen molar-refractivity contribution in [2.45, 2.75) is 0 Å². The zero-order valence-electron chi connectivity index (χ0n) is 21.0. The normalized spacial score (nSPS) is 12.1. The van der Waals surface area contributed by atoms with Crippen molar-refractivity contribution in [2.24, 2.45) is 0 Å². The fourth-order valence-electron chi connectivity index (χ4n) is 6.42. The molecule has 39 heavy (non-hydrogen) atoms. The van der Waals surface area contributed by atoms with Crippen LogP contribution < -0.4 is 0 Å². The van der Waals surface area contributed by atoms with Crippen molar-refractivity contribution in [1.29, 1.82) is 0 Å². The summed E-state index contributed by atoms with van der Waals surface area (Å²) in [7, 11) is 0. The molecule has 0 unspecified atom stereocenters. The lowest BCUT2D eigenvalue weighted by atomic mass is 10.1. The molecule has 0 atom stereocenters. The van der Waals surface area contributed by atoms with Crippen LogP contribution in [0.2, 0.25) is 0 Å². The number of furan rings is 1. The first-order chi connectivity index (χ1) is 19.3. The van der Waals surface area contributed by atoms with E-state index in [0.29, 0.717) is 0 Å². The van der Waals surface area contributed by atoms with Gasteiger partial charge in [0.1, 0.15) is 11.2 Å². The minimum absolute atomic E-state index is 0.900. The monoisotopic (exact) mass is 498 g/mol. The maximum Gasteiger partial charge on any atom is 0.137 e. The summed E-state index contributed by atoms with van der Waals surface area (Å²) in [5, 5.41) is 7.26. The smallest absolute Gasteiger partial charge is 0.137 e. The number of hydrogen-bond donors (Lipinski definition) is 0. The van der Waals surface area contributed by atoms with Crippen molar-refractivity contribution < 1.29 is 4.42 Å². The van der Waals surface area contributed by atoms with E-state index in [0.717, 1.165) is 38.8 Å². The summed E-state index contributed by atoms with van der Waals surface area (Å²) in [6.07, 6.45) is 0. The summed E-state index contributed by atoms with van der Waals surface area (Å²) in [5.74, 6) is 0. The van der Waals surface area contributed by atoms with Crippen molar-refractivity contribution in [1.82, 2.24) is 9.13 Å². The van der Waals surface area contributed by atoms with Gasteiger partial charge in [-0.2, -0.15) is 0 Å². The van der Waals surface area contributed by atoms with E-state index in [1.165, 1.54) is 38.1 Å². The highest BCUT2D eigenvalue weighted by Crippen LogP contribution is 2.39. The molecular weight excluding hydrogens is 476 g/mol. The van der Waals surface area contributed by atoms with Crippen molar-refractivity contribution in [3.05, 3.63) is 133 Å². The Bertz CT molecular complexity index is 2330. The molecule has 0 saturated carbocycles. The van der Waals surface area contributed by atoms with Gasteiger partial charge in [-0.05, 0) is 54.6 Å². The number of nitrogens with zero attached hydrogens (tertiary/aromatic N) is 2. The van der Waals surface area contributed by atoms with Gasteiger partial charge in [-0.25, -0.2) is 0 Å². The standard InChI is InChI=1S/C36H22N2O/c1-2-10-23(11-3-1)37-33-17-9-6-14-27(33)28-21-30-29-20-24(18-19-35(29)39-36(30)22-34(28)37)38-31-15-7-4-12-25(31)26-13-5-8-16-32(26)38/h1-22H. The summed E-state index contributed by atoms with van der Waals surface area (Å²) < 4.78 is 11.2. The van der Waals surface area contributed by atoms with E-state index in [1.54, 1.807) is 0 Å². The van der Waals surface area contributed by atoms with E-state index in [4.69, 9.17) is 4.42 Å². The molecule has 0 aliphatic heterocycles. The van der Waals surface area contributed by atoms with Crippen molar-refractivity contribution in [3.63, 3.8) is 0 Å². The molecule has 0 amide bonds. The molecule has 3 nitrogen and oxygen atoms in total. The lowest BCUT2D eigenvalue weighted by Crippen LogP contribution is -1.93.